The van der Waals surface area contributed by atoms with Crippen LogP contribution in [-0.2, 0) is 11.3 Å². The molecular weight excluding hydrogens is 406 g/mol. The lowest BCUT2D eigenvalue weighted by Gasteiger charge is -2.19. The molecule has 1 aliphatic rings. The average molecular weight is 436 g/mol. The molecule has 2 heterocycles. The second-order valence-corrected chi connectivity index (χ2v) is 9.26. The molecule has 31 heavy (non-hydrogen) atoms. The molecule has 4 rings (SSSR count). The summed E-state index contributed by atoms with van der Waals surface area (Å²) in [6.45, 7) is 6.89. The summed E-state index contributed by atoms with van der Waals surface area (Å²) in [5.41, 5.74) is 2.11. The monoisotopic (exact) mass is 435 g/mol. The van der Waals surface area contributed by atoms with E-state index in [-0.39, 0.29) is 17.2 Å². The average Bonchev–Trinajstić information content (AvgIpc) is 3.45. The van der Waals surface area contributed by atoms with Crippen molar-refractivity contribution in [3.8, 4) is 5.69 Å². The number of nitrogens with zero attached hydrogens (tertiary/aromatic N) is 4. The zero-order chi connectivity index (χ0) is 21.6. The number of para-hydroxylation sites is 1. The van der Waals surface area contributed by atoms with Gasteiger partial charge in [0.2, 0.25) is 5.91 Å². The minimum Gasteiger partial charge on any atom is -0.349 e. The topological polar surface area (TPSA) is 63.1 Å². The van der Waals surface area contributed by atoms with Crippen molar-refractivity contribution in [1.82, 2.24) is 25.0 Å². The van der Waals surface area contributed by atoms with Crippen LogP contribution in [0.3, 0.4) is 0 Å². The van der Waals surface area contributed by atoms with Gasteiger partial charge in [-0.2, -0.15) is 0 Å². The van der Waals surface area contributed by atoms with Crippen LogP contribution < -0.4 is 5.32 Å². The summed E-state index contributed by atoms with van der Waals surface area (Å²) in [5.74, 6) is 0.908. The third kappa shape index (κ3) is 5.35. The molecule has 0 aliphatic carbocycles. The van der Waals surface area contributed by atoms with E-state index in [0.29, 0.717) is 0 Å². The molecule has 2 aromatic carbocycles. The minimum absolute atomic E-state index is 0.00921. The van der Waals surface area contributed by atoms with Gasteiger partial charge in [0.15, 0.2) is 11.0 Å². The maximum absolute atomic E-state index is 12.9. The number of carbonyl (C=O) groups excluding carboxylic acids is 1. The number of benzene rings is 2. The zero-order valence-corrected chi connectivity index (χ0v) is 18.9. The Hall–Kier alpha value is -2.64. The van der Waals surface area contributed by atoms with Gasteiger partial charge in [-0.3, -0.25) is 14.3 Å². The fraction of sp³-hybridized carbons (Fsp3) is 0.375. The summed E-state index contributed by atoms with van der Waals surface area (Å²) in [4.78, 5) is 15.3. The lowest BCUT2D eigenvalue weighted by atomic mass is 10.1. The Labute approximate surface area is 188 Å². The van der Waals surface area contributed by atoms with Gasteiger partial charge in [-0.05, 0) is 57.5 Å². The van der Waals surface area contributed by atoms with Gasteiger partial charge in [0.25, 0.3) is 0 Å². The molecule has 1 saturated heterocycles. The quantitative estimate of drug-likeness (QED) is 0.537. The van der Waals surface area contributed by atoms with E-state index in [0.717, 1.165) is 41.9 Å². The highest BCUT2D eigenvalue weighted by Gasteiger charge is 2.24. The van der Waals surface area contributed by atoms with Gasteiger partial charge in [0, 0.05) is 5.69 Å². The van der Waals surface area contributed by atoms with E-state index in [1.54, 1.807) is 0 Å². The molecular formula is C24H29N5OS. The zero-order valence-electron chi connectivity index (χ0n) is 18.1. The minimum atomic E-state index is -0.294. The van der Waals surface area contributed by atoms with E-state index < -0.39 is 0 Å². The first kappa shape index (κ1) is 21.6. The molecule has 1 aromatic heterocycles. The van der Waals surface area contributed by atoms with E-state index in [2.05, 4.69) is 37.1 Å². The van der Waals surface area contributed by atoms with E-state index >= 15 is 0 Å². The van der Waals surface area contributed by atoms with Gasteiger partial charge in [-0.25, -0.2) is 0 Å². The number of amides is 1. The second kappa shape index (κ2) is 10.1. The highest BCUT2D eigenvalue weighted by Crippen LogP contribution is 2.27. The number of aromatic nitrogens is 3. The Balaban J connectivity index is 1.50. The van der Waals surface area contributed by atoms with Crippen molar-refractivity contribution in [2.24, 2.45) is 0 Å². The van der Waals surface area contributed by atoms with Gasteiger partial charge >= 0.3 is 0 Å². The molecule has 6 nitrogen and oxygen atoms in total. The Bertz CT molecular complexity index is 986. The Morgan fingerprint density at radius 3 is 2.32 bits per heavy atom. The number of thioether (sulfide) groups is 1. The van der Waals surface area contributed by atoms with Gasteiger partial charge in [0.05, 0.1) is 17.8 Å². The van der Waals surface area contributed by atoms with Gasteiger partial charge in [-0.1, -0.05) is 60.3 Å². The van der Waals surface area contributed by atoms with E-state index in [1.807, 2.05) is 62.4 Å². The number of hydrogen-bond donors (Lipinski definition) is 1. The van der Waals surface area contributed by atoms with Crippen LogP contribution in [0.15, 0.2) is 65.8 Å². The molecule has 1 amide bonds. The molecule has 162 valence electrons. The maximum Gasteiger partial charge on any atom is 0.233 e. The smallest absolute Gasteiger partial charge is 0.233 e. The van der Waals surface area contributed by atoms with E-state index in [9.17, 15) is 4.79 Å². The molecule has 0 radical (unpaired) electrons. The fourth-order valence-electron chi connectivity index (χ4n) is 3.82. The number of hydrogen-bond acceptors (Lipinski definition) is 5. The van der Waals surface area contributed by atoms with Crippen LogP contribution in [0.5, 0.6) is 0 Å². The van der Waals surface area contributed by atoms with Gasteiger partial charge in [-0.15, -0.1) is 10.2 Å². The summed E-state index contributed by atoms with van der Waals surface area (Å²) >= 11 is 1.45. The highest BCUT2D eigenvalue weighted by molar-refractivity contribution is 8.00. The first-order chi connectivity index (χ1) is 15.1. The number of likely N-dealkylation sites (tertiary alicyclic amines) is 1. The second-order valence-electron chi connectivity index (χ2n) is 7.95. The van der Waals surface area contributed by atoms with Crippen molar-refractivity contribution >= 4 is 17.7 Å². The predicted molar refractivity (Wildman–Crippen MR) is 124 cm³/mol. The molecule has 0 bridgehead atoms. The molecule has 3 aromatic rings. The van der Waals surface area contributed by atoms with Crippen molar-refractivity contribution in [2.75, 3.05) is 13.1 Å². The van der Waals surface area contributed by atoms with Crippen molar-refractivity contribution in [1.29, 1.82) is 0 Å². The summed E-state index contributed by atoms with van der Waals surface area (Å²) in [5, 5.41) is 12.5. The lowest BCUT2D eigenvalue weighted by molar-refractivity contribution is -0.120. The molecule has 0 spiro atoms. The number of carbonyl (C=O) groups is 1. The fourth-order valence-corrected chi connectivity index (χ4v) is 4.72. The standard InChI is InChI=1S/C24H29N5OS/c1-18(20-11-5-3-6-12-20)25-23(30)19(2)31-24-27-26-22(17-28-15-9-10-16-28)29(24)21-13-7-4-8-14-21/h3-8,11-14,18-19H,9-10,15-17H2,1-2H3,(H,25,30). The van der Waals surface area contributed by atoms with Crippen LogP contribution in [0.2, 0.25) is 0 Å². The van der Waals surface area contributed by atoms with Crippen molar-refractivity contribution in [2.45, 2.75) is 49.7 Å². The van der Waals surface area contributed by atoms with Crippen LogP contribution >= 0.6 is 11.8 Å². The summed E-state index contributed by atoms with van der Waals surface area (Å²) < 4.78 is 2.09. The van der Waals surface area contributed by atoms with Gasteiger partial charge < -0.3 is 5.32 Å². The Morgan fingerprint density at radius 1 is 1.00 bits per heavy atom. The molecule has 7 heteroatoms. The normalized spacial score (nSPS) is 16.2. The van der Waals surface area contributed by atoms with Gasteiger partial charge in [0.1, 0.15) is 0 Å². The van der Waals surface area contributed by atoms with Crippen LogP contribution in [0, 0.1) is 0 Å². The summed E-state index contributed by atoms with van der Waals surface area (Å²) in [6.07, 6.45) is 2.47. The van der Waals surface area contributed by atoms with Crippen molar-refractivity contribution in [3.63, 3.8) is 0 Å². The number of nitrogens with one attached hydrogen (secondary N) is 1. The molecule has 1 fully saturated rings. The highest BCUT2D eigenvalue weighted by atomic mass is 32.2. The third-order valence-corrected chi connectivity index (χ3v) is 6.63. The molecule has 0 saturated carbocycles. The molecule has 1 aliphatic heterocycles. The molecule has 1 N–H and O–H groups in total. The Kier molecular flexibility index (Phi) is 7.04. The van der Waals surface area contributed by atoms with Crippen molar-refractivity contribution < 1.29 is 4.79 Å². The van der Waals surface area contributed by atoms with E-state index in [1.165, 1.54) is 24.6 Å². The predicted octanol–water partition coefficient (Wildman–Crippen LogP) is 4.22. The molecule has 2 unspecified atom stereocenters. The lowest BCUT2D eigenvalue weighted by Crippen LogP contribution is -2.33. The first-order valence-electron chi connectivity index (χ1n) is 10.9. The van der Waals surface area contributed by atoms with E-state index in [4.69, 9.17) is 0 Å². The SMILES string of the molecule is CC(Sc1nnc(CN2CCCC2)n1-c1ccccc1)C(=O)NC(C)c1ccccc1. The molecule has 2 atom stereocenters. The Morgan fingerprint density at radius 2 is 1.65 bits per heavy atom. The van der Waals surface area contributed by atoms with Crippen LogP contribution in [-0.4, -0.2) is 43.9 Å². The third-order valence-electron chi connectivity index (χ3n) is 5.59. The summed E-state index contributed by atoms with van der Waals surface area (Å²) in [7, 11) is 0. The first-order valence-corrected chi connectivity index (χ1v) is 11.7. The van der Waals surface area contributed by atoms with Crippen LogP contribution in [0.4, 0.5) is 0 Å². The summed E-state index contributed by atoms with van der Waals surface area (Å²) in [6, 6.07) is 20.1. The largest absolute Gasteiger partial charge is 0.349 e. The van der Waals surface area contributed by atoms with Crippen LogP contribution in [0.1, 0.15) is 44.1 Å². The maximum atomic E-state index is 12.9. The number of rotatable bonds is 8. The van der Waals surface area contributed by atoms with Crippen molar-refractivity contribution in [3.05, 3.63) is 72.1 Å². The van der Waals surface area contributed by atoms with Crippen LogP contribution in [0.25, 0.3) is 5.69 Å².